The normalized spacial score (nSPS) is 27.4. The van der Waals surface area contributed by atoms with Crippen LogP contribution in [0.1, 0.15) is 51.0 Å². The number of urea groups is 1. The van der Waals surface area contributed by atoms with Gasteiger partial charge in [0.05, 0.1) is 11.5 Å². The lowest BCUT2D eigenvalue weighted by Crippen LogP contribution is -2.49. The van der Waals surface area contributed by atoms with E-state index < -0.39 is 27.3 Å². The Labute approximate surface area is 182 Å². The molecule has 1 N–H and O–H groups in total. The Bertz CT molecular complexity index is 976. The van der Waals surface area contributed by atoms with Crippen molar-refractivity contribution in [2.45, 2.75) is 63.1 Å². The molecule has 0 radical (unpaired) electrons. The average Bonchev–Trinajstić information content (AvgIpc) is 3.46. The molecule has 1 saturated carbocycles. The molecular weight excluding hydrogens is 418 g/mol. The highest BCUT2D eigenvalue weighted by Gasteiger charge is 2.53. The van der Waals surface area contributed by atoms with Gasteiger partial charge < -0.3 is 10.2 Å². The summed E-state index contributed by atoms with van der Waals surface area (Å²) in [6.45, 7) is 1.66. The van der Waals surface area contributed by atoms with Gasteiger partial charge in [-0.1, -0.05) is 50.1 Å². The maximum absolute atomic E-state index is 13.5. The maximum atomic E-state index is 13.5. The van der Waals surface area contributed by atoms with Crippen LogP contribution in [0, 0.1) is 0 Å². The summed E-state index contributed by atoms with van der Waals surface area (Å²) in [5, 5.41) is 2.86. The Kier molecular flexibility index (Phi) is 5.81. The molecule has 0 spiro atoms. The van der Waals surface area contributed by atoms with Crippen molar-refractivity contribution in [1.82, 2.24) is 15.1 Å². The number of rotatable bonds is 8. The molecule has 3 aliphatic rings. The fourth-order valence-electron chi connectivity index (χ4n) is 4.71. The molecule has 2 saturated heterocycles. The van der Waals surface area contributed by atoms with Crippen LogP contribution in [0.4, 0.5) is 4.79 Å². The highest BCUT2D eigenvalue weighted by Crippen LogP contribution is 2.36. The number of unbranched alkanes of at least 4 members (excludes halogenated alkanes) is 1. The van der Waals surface area contributed by atoms with Gasteiger partial charge in [-0.2, -0.15) is 0 Å². The van der Waals surface area contributed by atoms with E-state index in [4.69, 9.17) is 0 Å². The smallest absolute Gasteiger partial charge is 0.325 e. The molecule has 31 heavy (non-hydrogen) atoms. The molecule has 1 aromatic rings. The molecule has 9 heteroatoms. The number of hydrogen-bond acceptors (Lipinski definition) is 5. The standard InChI is InChI=1S/C22H29N3O5S/c1-2-3-12-22(16-7-5-4-6-8-16)20(27)24(21(28)23-22)14-19(26)25(17-9-10-17)18-11-13-31(29,30)15-18/h4-8,17-18H,2-3,9-15H2,1H3,(H,23,28). The molecule has 168 valence electrons. The zero-order valence-corrected chi connectivity index (χ0v) is 18.6. The summed E-state index contributed by atoms with van der Waals surface area (Å²) >= 11 is 0. The van der Waals surface area contributed by atoms with Gasteiger partial charge in [0, 0.05) is 12.1 Å². The van der Waals surface area contributed by atoms with Gasteiger partial charge in [0.25, 0.3) is 5.91 Å². The molecule has 0 bridgehead atoms. The molecule has 1 aromatic carbocycles. The van der Waals surface area contributed by atoms with Crippen molar-refractivity contribution in [3.63, 3.8) is 0 Å². The summed E-state index contributed by atoms with van der Waals surface area (Å²) in [4.78, 5) is 42.1. The number of imide groups is 1. The van der Waals surface area contributed by atoms with Gasteiger partial charge in [-0.05, 0) is 31.2 Å². The number of hydrogen-bond donors (Lipinski definition) is 1. The fraction of sp³-hybridized carbons (Fsp3) is 0.591. The minimum Gasteiger partial charge on any atom is -0.334 e. The van der Waals surface area contributed by atoms with Crippen LogP contribution in [0.5, 0.6) is 0 Å². The Morgan fingerprint density at radius 3 is 2.45 bits per heavy atom. The number of carbonyl (C=O) groups excluding carboxylic acids is 3. The Morgan fingerprint density at radius 1 is 1.16 bits per heavy atom. The first kappa shape index (κ1) is 21.8. The van der Waals surface area contributed by atoms with Crippen LogP contribution in [0.3, 0.4) is 0 Å². The highest BCUT2D eigenvalue weighted by molar-refractivity contribution is 7.91. The van der Waals surface area contributed by atoms with Crippen LogP contribution in [-0.4, -0.2) is 66.2 Å². The molecule has 4 rings (SSSR count). The molecule has 2 heterocycles. The van der Waals surface area contributed by atoms with Crippen molar-refractivity contribution in [2.75, 3.05) is 18.1 Å². The van der Waals surface area contributed by atoms with E-state index in [9.17, 15) is 22.8 Å². The first-order chi connectivity index (χ1) is 14.8. The predicted molar refractivity (Wildman–Crippen MR) is 115 cm³/mol. The number of nitrogens with one attached hydrogen (secondary N) is 1. The molecule has 2 aliphatic heterocycles. The summed E-state index contributed by atoms with van der Waals surface area (Å²) in [5.74, 6) is -0.738. The largest absolute Gasteiger partial charge is 0.334 e. The lowest BCUT2D eigenvalue weighted by Gasteiger charge is -2.30. The molecule has 4 amide bonds. The van der Waals surface area contributed by atoms with Crippen LogP contribution in [0.25, 0.3) is 0 Å². The van der Waals surface area contributed by atoms with Crippen molar-refractivity contribution in [2.24, 2.45) is 0 Å². The zero-order valence-electron chi connectivity index (χ0n) is 17.7. The predicted octanol–water partition coefficient (Wildman–Crippen LogP) is 1.80. The van der Waals surface area contributed by atoms with Gasteiger partial charge in [-0.3, -0.25) is 14.5 Å². The first-order valence-corrected chi connectivity index (χ1v) is 12.8. The number of sulfone groups is 1. The third-order valence-corrected chi connectivity index (χ3v) is 8.22. The summed E-state index contributed by atoms with van der Waals surface area (Å²) in [5.41, 5.74) is -0.465. The third kappa shape index (κ3) is 4.20. The van der Waals surface area contributed by atoms with Crippen LogP contribution >= 0.6 is 0 Å². The molecule has 8 nitrogen and oxygen atoms in total. The summed E-state index contributed by atoms with van der Waals surface area (Å²) < 4.78 is 23.9. The number of nitrogens with zero attached hydrogens (tertiary/aromatic N) is 2. The van der Waals surface area contributed by atoms with Crippen molar-refractivity contribution in [1.29, 1.82) is 0 Å². The van der Waals surface area contributed by atoms with E-state index in [2.05, 4.69) is 5.32 Å². The van der Waals surface area contributed by atoms with Gasteiger partial charge in [0.1, 0.15) is 12.1 Å². The van der Waals surface area contributed by atoms with Gasteiger partial charge in [-0.25, -0.2) is 13.2 Å². The van der Waals surface area contributed by atoms with Crippen molar-refractivity contribution in [3.8, 4) is 0 Å². The topological polar surface area (TPSA) is 104 Å². The van der Waals surface area contributed by atoms with E-state index in [1.807, 2.05) is 37.3 Å². The van der Waals surface area contributed by atoms with Crippen LogP contribution < -0.4 is 5.32 Å². The van der Waals surface area contributed by atoms with E-state index in [-0.39, 0.29) is 36.0 Å². The molecule has 3 fully saturated rings. The SMILES string of the molecule is CCCCC1(c2ccccc2)NC(=O)N(CC(=O)N(C2CC2)C2CCS(=O)(=O)C2)C1=O. The third-order valence-electron chi connectivity index (χ3n) is 6.47. The first-order valence-electron chi connectivity index (χ1n) is 11.0. The lowest BCUT2D eigenvalue weighted by molar-refractivity contribution is -0.140. The van der Waals surface area contributed by atoms with Crippen LogP contribution in [0.2, 0.25) is 0 Å². The van der Waals surface area contributed by atoms with Gasteiger partial charge in [0.2, 0.25) is 5.91 Å². The summed E-state index contributed by atoms with van der Waals surface area (Å²) in [6, 6.07) is 8.20. The number of amides is 4. The van der Waals surface area contributed by atoms with Gasteiger partial charge >= 0.3 is 6.03 Å². The second-order valence-electron chi connectivity index (χ2n) is 8.79. The quantitative estimate of drug-likeness (QED) is 0.612. The minimum atomic E-state index is -3.15. The van der Waals surface area contributed by atoms with Gasteiger partial charge in [-0.15, -0.1) is 0 Å². The lowest BCUT2D eigenvalue weighted by atomic mass is 9.85. The fourth-order valence-corrected chi connectivity index (χ4v) is 6.42. The second kappa shape index (κ2) is 8.26. The zero-order chi connectivity index (χ0) is 22.2. The monoisotopic (exact) mass is 447 g/mol. The molecule has 2 atom stereocenters. The maximum Gasteiger partial charge on any atom is 0.325 e. The van der Waals surface area contributed by atoms with E-state index >= 15 is 0 Å². The van der Waals surface area contributed by atoms with Gasteiger partial charge in [0.15, 0.2) is 9.84 Å². The molecule has 1 aliphatic carbocycles. The highest BCUT2D eigenvalue weighted by atomic mass is 32.2. The average molecular weight is 448 g/mol. The molecular formula is C22H29N3O5S. The molecule has 2 unspecified atom stereocenters. The summed E-state index contributed by atoms with van der Waals surface area (Å²) in [7, 11) is -3.15. The minimum absolute atomic E-state index is 0.00513. The second-order valence-corrected chi connectivity index (χ2v) is 11.0. The number of carbonyl (C=O) groups is 3. The summed E-state index contributed by atoms with van der Waals surface area (Å²) in [6.07, 6.45) is 4.13. The van der Waals surface area contributed by atoms with Crippen molar-refractivity contribution >= 4 is 27.7 Å². The van der Waals surface area contributed by atoms with E-state index in [1.165, 1.54) is 0 Å². The van der Waals surface area contributed by atoms with E-state index in [0.717, 1.165) is 30.6 Å². The number of benzene rings is 1. The molecule has 0 aromatic heterocycles. The van der Waals surface area contributed by atoms with Crippen LogP contribution in [0.15, 0.2) is 30.3 Å². The Balaban J connectivity index is 1.56. The Hall–Kier alpha value is -2.42. The Morgan fingerprint density at radius 2 is 1.87 bits per heavy atom. The van der Waals surface area contributed by atoms with Crippen LogP contribution in [-0.2, 0) is 25.0 Å². The van der Waals surface area contributed by atoms with E-state index in [1.54, 1.807) is 4.90 Å². The van der Waals surface area contributed by atoms with E-state index in [0.29, 0.717) is 18.4 Å². The van der Waals surface area contributed by atoms with Crippen molar-refractivity contribution in [3.05, 3.63) is 35.9 Å². The van der Waals surface area contributed by atoms with Crippen molar-refractivity contribution < 1.29 is 22.8 Å².